The maximum atomic E-state index is 9.50. The summed E-state index contributed by atoms with van der Waals surface area (Å²) in [6.07, 6.45) is 9.08. The van der Waals surface area contributed by atoms with Crippen LogP contribution in [0.25, 0.3) is 10.8 Å². The maximum Gasteiger partial charge on any atom is 0.192 e. The van der Waals surface area contributed by atoms with Gasteiger partial charge in [0, 0.05) is 0 Å². The molecule has 0 aliphatic carbocycles. The Kier molecular flexibility index (Phi) is 8.93. The topological polar surface area (TPSA) is 29.5 Å². The van der Waals surface area contributed by atoms with E-state index in [2.05, 4.69) is 71.1 Å². The monoisotopic (exact) mass is 414 g/mol. The van der Waals surface area contributed by atoms with E-state index in [1.165, 1.54) is 54.9 Å². The van der Waals surface area contributed by atoms with E-state index in [0.29, 0.717) is 0 Å². The third-order valence-corrected chi connectivity index (χ3v) is 11.0. The third-order valence-electron chi connectivity index (χ3n) is 6.55. The fourth-order valence-electron chi connectivity index (χ4n) is 3.55. The molecule has 1 atom stereocenters. The number of hydrogen-bond donors (Lipinski definition) is 1. The molecule has 2 rings (SSSR count). The standard InChI is InChI=1S/C26H42O2Si/c1-7-8-9-10-11-12-13-25(28-29(5,6)26(2,3)4)23-17-16-22-15-14-21(20-27)18-24(22)19-23/h14-19,25,27H,7-13,20H2,1-6H3. The van der Waals surface area contributed by atoms with Crippen molar-refractivity contribution in [2.75, 3.05) is 0 Å². The fourth-order valence-corrected chi connectivity index (χ4v) is 4.87. The summed E-state index contributed by atoms with van der Waals surface area (Å²) in [6, 6.07) is 12.9. The van der Waals surface area contributed by atoms with Gasteiger partial charge in [0.05, 0.1) is 12.7 Å². The highest BCUT2D eigenvalue weighted by molar-refractivity contribution is 6.74. The average molecular weight is 415 g/mol. The zero-order valence-corrected chi connectivity index (χ0v) is 20.6. The minimum absolute atomic E-state index is 0.0851. The van der Waals surface area contributed by atoms with Gasteiger partial charge in [0.2, 0.25) is 0 Å². The summed E-state index contributed by atoms with van der Waals surface area (Å²) >= 11 is 0. The lowest BCUT2D eigenvalue weighted by atomic mass is 9.98. The second-order valence-corrected chi connectivity index (χ2v) is 14.8. The Hall–Kier alpha value is -1.16. The van der Waals surface area contributed by atoms with Crippen LogP contribution < -0.4 is 0 Å². The molecular formula is C26H42O2Si. The Bertz CT molecular complexity index is 761. The van der Waals surface area contributed by atoms with Crippen molar-refractivity contribution in [3.63, 3.8) is 0 Å². The lowest BCUT2D eigenvalue weighted by Crippen LogP contribution is -2.41. The molecule has 0 saturated carbocycles. The average Bonchev–Trinajstić information content (AvgIpc) is 2.67. The van der Waals surface area contributed by atoms with Gasteiger partial charge in [-0.1, -0.05) is 90.5 Å². The van der Waals surface area contributed by atoms with Crippen molar-refractivity contribution in [1.29, 1.82) is 0 Å². The Morgan fingerprint density at radius 2 is 1.55 bits per heavy atom. The van der Waals surface area contributed by atoms with E-state index in [4.69, 9.17) is 4.43 Å². The van der Waals surface area contributed by atoms with Gasteiger partial charge in [0.15, 0.2) is 8.32 Å². The fraction of sp³-hybridized carbons (Fsp3) is 0.615. The Morgan fingerprint density at radius 3 is 2.21 bits per heavy atom. The predicted molar refractivity (Wildman–Crippen MR) is 129 cm³/mol. The summed E-state index contributed by atoms with van der Waals surface area (Å²) in [5.41, 5.74) is 2.25. The van der Waals surface area contributed by atoms with Crippen molar-refractivity contribution in [2.24, 2.45) is 0 Å². The van der Waals surface area contributed by atoms with E-state index in [9.17, 15) is 5.11 Å². The molecular weight excluding hydrogens is 372 g/mol. The van der Waals surface area contributed by atoms with Crippen molar-refractivity contribution in [3.8, 4) is 0 Å². The predicted octanol–water partition coefficient (Wildman–Crippen LogP) is 8.15. The first-order chi connectivity index (χ1) is 13.7. The van der Waals surface area contributed by atoms with E-state index in [0.717, 1.165) is 12.0 Å². The molecule has 0 aliphatic rings. The van der Waals surface area contributed by atoms with E-state index >= 15 is 0 Å². The molecule has 0 fully saturated rings. The summed E-state index contributed by atoms with van der Waals surface area (Å²) in [5, 5.41) is 12.1. The van der Waals surface area contributed by atoms with Crippen LogP contribution in [-0.2, 0) is 11.0 Å². The van der Waals surface area contributed by atoms with Gasteiger partial charge in [0.1, 0.15) is 0 Å². The van der Waals surface area contributed by atoms with Crippen LogP contribution in [0.2, 0.25) is 18.1 Å². The van der Waals surface area contributed by atoms with Crippen LogP contribution in [0.5, 0.6) is 0 Å². The molecule has 0 heterocycles. The van der Waals surface area contributed by atoms with E-state index in [-0.39, 0.29) is 17.7 Å². The highest BCUT2D eigenvalue weighted by atomic mass is 28.4. The smallest absolute Gasteiger partial charge is 0.192 e. The summed E-state index contributed by atoms with van der Waals surface area (Å²) in [7, 11) is -1.86. The van der Waals surface area contributed by atoms with Gasteiger partial charge in [-0.15, -0.1) is 0 Å². The molecule has 0 bridgehead atoms. The van der Waals surface area contributed by atoms with Crippen LogP contribution in [0.15, 0.2) is 36.4 Å². The first-order valence-corrected chi connectivity index (χ1v) is 14.4. The van der Waals surface area contributed by atoms with Crippen LogP contribution in [0.4, 0.5) is 0 Å². The molecule has 29 heavy (non-hydrogen) atoms. The molecule has 2 aromatic rings. The van der Waals surface area contributed by atoms with Crippen LogP contribution in [0.3, 0.4) is 0 Å². The molecule has 1 unspecified atom stereocenters. The van der Waals surface area contributed by atoms with Crippen LogP contribution in [0.1, 0.15) is 89.9 Å². The third kappa shape index (κ3) is 6.94. The molecule has 162 valence electrons. The van der Waals surface area contributed by atoms with Gasteiger partial charge in [0.25, 0.3) is 0 Å². The van der Waals surface area contributed by atoms with Crippen molar-refractivity contribution in [1.82, 2.24) is 0 Å². The minimum Gasteiger partial charge on any atom is -0.410 e. The summed E-state index contributed by atoms with van der Waals surface area (Å²) in [4.78, 5) is 0. The normalized spacial score (nSPS) is 13.8. The molecule has 2 aromatic carbocycles. The van der Waals surface area contributed by atoms with Crippen LogP contribution >= 0.6 is 0 Å². The number of aliphatic hydroxyl groups excluding tert-OH is 1. The zero-order valence-electron chi connectivity index (χ0n) is 19.6. The molecule has 2 nitrogen and oxygen atoms in total. The van der Waals surface area contributed by atoms with E-state index in [1.54, 1.807) is 0 Å². The largest absolute Gasteiger partial charge is 0.410 e. The summed E-state index contributed by atoms with van der Waals surface area (Å²) < 4.78 is 6.91. The highest BCUT2D eigenvalue weighted by Gasteiger charge is 2.39. The van der Waals surface area contributed by atoms with Crippen LogP contribution in [-0.4, -0.2) is 13.4 Å². The molecule has 0 saturated heterocycles. The zero-order chi connectivity index (χ0) is 21.5. The van der Waals surface area contributed by atoms with Gasteiger partial charge in [-0.05, 0) is 58.6 Å². The van der Waals surface area contributed by atoms with Crippen molar-refractivity contribution >= 4 is 19.1 Å². The first kappa shape index (κ1) is 24.1. The summed E-state index contributed by atoms with van der Waals surface area (Å²) in [5.74, 6) is 0. The van der Waals surface area contributed by atoms with Gasteiger partial charge in [-0.3, -0.25) is 0 Å². The molecule has 0 aliphatic heterocycles. The second-order valence-electron chi connectivity index (χ2n) is 10.0. The van der Waals surface area contributed by atoms with Gasteiger partial charge >= 0.3 is 0 Å². The summed E-state index contributed by atoms with van der Waals surface area (Å²) in [6.45, 7) is 14.0. The SMILES string of the molecule is CCCCCCCCC(O[Si](C)(C)C(C)(C)C)c1ccc2ccc(CO)cc2c1. The Morgan fingerprint density at radius 1 is 0.897 bits per heavy atom. The van der Waals surface area contributed by atoms with Crippen molar-refractivity contribution in [3.05, 3.63) is 47.5 Å². The molecule has 0 spiro atoms. The maximum absolute atomic E-state index is 9.50. The minimum atomic E-state index is -1.86. The van der Waals surface area contributed by atoms with Gasteiger partial charge in [-0.2, -0.15) is 0 Å². The number of rotatable bonds is 11. The van der Waals surface area contributed by atoms with Gasteiger partial charge < -0.3 is 9.53 Å². The van der Waals surface area contributed by atoms with Crippen molar-refractivity contribution < 1.29 is 9.53 Å². The molecule has 3 heteroatoms. The van der Waals surface area contributed by atoms with E-state index in [1.807, 2.05) is 6.07 Å². The van der Waals surface area contributed by atoms with E-state index < -0.39 is 8.32 Å². The molecule has 0 amide bonds. The number of aliphatic hydroxyl groups is 1. The number of hydrogen-bond acceptors (Lipinski definition) is 2. The Balaban J connectivity index is 2.22. The number of unbranched alkanes of at least 4 members (excludes halogenated alkanes) is 5. The number of benzene rings is 2. The second kappa shape index (κ2) is 10.7. The Labute approximate surface area is 179 Å². The quantitative estimate of drug-likeness (QED) is 0.297. The molecule has 0 aromatic heterocycles. The lowest BCUT2D eigenvalue weighted by Gasteiger charge is -2.39. The lowest BCUT2D eigenvalue weighted by molar-refractivity contribution is 0.169. The molecule has 1 N–H and O–H groups in total. The van der Waals surface area contributed by atoms with Gasteiger partial charge in [-0.25, -0.2) is 0 Å². The number of fused-ring (bicyclic) bond motifs is 1. The van der Waals surface area contributed by atoms with Crippen molar-refractivity contribution in [2.45, 2.75) is 103 Å². The molecule has 0 radical (unpaired) electrons. The van der Waals surface area contributed by atoms with Crippen LogP contribution in [0, 0.1) is 0 Å². The highest BCUT2D eigenvalue weighted by Crippen LogP contribution is 2.41. The first-order valence-electron chi connectivity index (χ1n) is 11.5.